The third-order valence-electron chi connectivity index (χ3n) is 3.35. The number of aromatic nitrogens is 4. The lowest BCUT2D eigenvalue weighted by atomic mass is 10.3. The van der Waals surface area contributed by atoms with Crippen LogP contribution in [0, 0.1) is 6.92 Å². The zero-order valence-electron chi connectivity index (χ0n) is 12.3. The van der Waals surface area contributed by atoms with Crippen molar-refractivity contribution in [1.82, 2.24) is 19.9 Å². The van der Waals surface area contributed by atoms with E-state index in [4.69, 9.17) is 4.98 Å². The number of aryl methyl sites for hydroxylation is 1. The maximum atomic E-state index is 4.75. The van der Waals surface area contributed by atoms with E-state index in [1.165, 1.54) is 0 Å². The average molecular weight is 336 g/mol. The number of hydrogen-bond acceptors (Lipinski definition) is 6. The molecular weight excluding hydrogens is 324 g/mol. The molecule has 0 N–H and O–H groups in total. The van der Waals surface area contributed by atoms with Gasteiger partial charge in [-0.2, -0.15) is 0 Å². The summed E-state index contributed by atoms with van der Waals surface area (Å²) in [6.45, 7) is 2.02. The Hall–Kier alpha value is -2.44. The van der Waals surface area contributed by atoms with E-state index in [9.17, 15) is 0 Å². The van der Waals surface area contributed by atoms with E-state index in [1.807, 2.05) is 43.6 Å². The molecular formula is C17H12N4S2. The molecule has 4 nitrogen and oxygen atoms in total. The maximum Gasteiger partial charge on any atom is 0.125 e. The Morgan fingerprint density at radius 3 is 2.22 bits per heavy atom. The first-order valence-electron chi connectivity index (χ1n) is 7.05. The highest BCUT2D eigenvalue weighted by atomic mass is 32.1. The van der Waals surface area contributed by atoms with Gasteiger partial charge in [-0.15, -0.1) is 22.7 Å². The highest BCUT2D eigenvalue weighted by molar-refractivity contribution is 7.19. The van der Waals surface area contributed by atoms with E-state index >= 15 is 0 Å². The second kappa shape index (κ2) is 5.98. The molecule has 0 radical (unpaired) electrons. The molecule has 4 rings (SSSR count). The van der Waals surface area contributed by atoms with Gasteiger partial charge in [-0.25, -0.2) is 9.97 Å². The zero-order valence-corrected chi connectivity index (χ0v) is 13.9. The lowest BCUT2D eigenvalue weighted by Gasteiger charge is -1.94. The minimum atomic E-state index is 0.971. The van der Waals surface area contributed by atoms with Crippen LogP contribution in [0.25, 0.3) is 31.7 Å². The van der Waals surface area contributed by atoms with Gasteiger partial charge in [-0.1, -0.05) is 0 Å². The fraction of sp³-hybridized carbons (Fsp3) is 0.0588. The van der Waals surface area contributed by atoms with Crippen molar-refractivity contribution < 1.29 is 0 Å². The number of nitrogens with zero attached hydrogens (tertiary/aromatic N) is 4. The summed E-state index contributed by atoms with van der Waals surface area (Å²) in [6, 6.07) is 7.90. The van der Waals surface area contributed by atoms with E-state index < -0.39 is 0 Å². The Labute approximate surface area is 141 Å². The fourth-order valence-corrected chi connectivity index (χ4v) is 4.14. The van der Waals surface area contributed by atoms with Crippen molar-refractivity contribution in [3.8, 4) is 31.7 Å². The van der Waals surface area contributed by atoms with Crippen molar-refractivity contribution in [3.05, 3.63) is 60.1 Å². The predicted molar refractivity (Wildman–Crippen MR) is 94.4 cm³/mol. The molecule has 0 aromatic carbocycles. The van der Waals surface area contributed by atoms with Gasteiger partial charge in [0.25, 0.3) is 0 Å². The Morgan fingerprint density at radius 1 is 0.870 bits per heavy atom. The third-order valence-corrected chi connectivity index (χ3v) is 5.47. The third kappa shape index (κ3) is 2.78. The van der Waals surface area contributed by atoms with Gasteiger partial charge in [0.1, 0.15) is 10.0 Å². The summed E-state index contributed by atoms with van der Waals surface area (Å²) in [6.07, 6.45) is 7.21. The Balaban J connectivity index is 1.72. The molecule has 0 bridgehead atoms. The van der Waals surface area contributed by atoms with Gasteiger partial charge >= 0.3 is 0 Å². The summed E-state index contributed by atoms with van der Waals surface area (Å²) < 4.78 is 0. The molecule has 4 aromatic rings. The monoisotopic (exact) mass is 336 g/mol. The SMILES string of the molecule is Cc1nc(-c2cccnc2)sc1-c1csc(-c2cccnc2)n1. The predicted octanol–water partition coefficient (Wildman–Crippen LogP) is 4.70. The average Bonchev–Trinajstić information content (AvgIpc) is 3.23. The summed E-state index contributed by atoms with van der Waals surface area (Å²) in [7, 11) is 0. The van der Waals surface area contributed by atoms with Gasteiger partial charge < -0.3 is 0 Å². The largest absolute Gasteiger partial charge is 0.264 e. The Bertz CT molecular complexity index is 930. The second-order valence-corrected chi connectivity index (χ2v) is 6.81. The standard InChI is InChI=1S/C17H12N4S2/c1-11-15(23-17(20-11)13-5-3-7-19-9-13)14-10-22-16(21-14)12-4-2-6-18-8-12/h2-10H,1H3. The first-order chi connectivity index (χ1) is 11.3. The topological polar surface area (TPSA) is 51.6 Å². The van der Waals surface area contributed by atoms with Crippen LogP contribution in [0.2, 0.25) is 0 Å². The summed E-state index contributed by atoms with van der Waals surface area (Å²) in [4.78, 5) is 18.8. The minimum absolute atomic E-state index is 0.971. The van der Waals surface area contributed by atoms with E-state index in [2.05, 4.69) is 20.3 Å². The highest BCUT2D eigenvalue weighted by Gasteiger charge is 2.14. The van der Waals surface area contributed by atoms with Crippen LogP contribution < -0.4 is 0 Å². The van der Waals surface area contributed by atoms with Crippen LogP contribution >= 0.6 is 22.7 Å². The van der Waals surface area contributed by atoms with Gasteiger partial charge in [-0.3, -0.25) is 9.97 Å². The zero-order chi connectivity index (χ0) is 15.6. The van der Waals surface area contributed by atoms with Crippen molar-refractivity contribution in [3.63, 3.8) is 0 Å². The van der Waals surface area contributed by atoms with Crippen molar-refractivity contribution in [1.29, 1.82) is 0 Å². The van der Waals surface area contributed by atoms with E-state index in [0.717, 1.165) is 37.4 Å². The number of rotatable bonds is 3. The van der Waals surface area contributed by atoms with Crippen molar-refractivity contribution in [2.75, 3.05) is 0 Å². The lowest BCUT2D eigenvalue weighted by Crippen LogP contribution is -1.80. The molecule has 0 fully saturated rings. The molecule has 0 amide bonds. The lowest BCUT2D eigenvalue weighted by molar-refractivity contribution is 1.25. The van der Waals surface area contributed by atoms with Gasteiger partial charge in [0.05, 0.1) is 16.3 Å². The summed E-state index contributed by atoms with van der Waals surface area (Å²) in [5.41, 5.74) is 4.05. The van der Waals surface area contributed by atoms with E-state index in [-0.39, 0.29) is 0 Å². The first kappa shape index (κ1) is 14.2. The van der Waals surface area contributed by atoms with E-state index in [0.29, 0.717) is 0 Å². The van der Waals surface area contributed by atoms with Gasteiger partial charge in [-0.05, 0) is 31.2 Å². The molecule has 0 aliphatic rings. The summed E-state index contributed by atoms with van der Waals surface area (Å²) in [5.74, 6) is 0. The molecule has 0 atom stereocenters. The minimum Gasteiger partial charge on any atom is -0.264 e. The molecule has 0 aliphatic carbocycles. The smallest absolute Gasteiger partial charge is 0.125 e. The molecule has 0 saturated heterocycles. The molecule has 0 unspecified atom stereocenters. The molecule has 0 spiro atoms. The molecule has 112 valence electrons. The second-order valence-electron chi connectivity index (χ2n) is 4.95. The summed E-state index contributed by atoms with van der Waals surface area (Å²) in [5, 5.41) is 4.03. The molecule has 4 heterocycles. The van der Waals surface area contributed by atoms with Crippen LogP contribution in [0.4, 0.5) is 0 Å². The fourth-order valence-electron chi connectivity index (χ4n) is 2.25. The normalized spacial score (nSPS) is 10.8. The number of thiazole rings is 2. The van der Waals surface area contributed by atoms with Crippen LogP contribution in [0.5, 0.6) is 0 Å². The first-order valence-corrected chi connectivity index (χ1v) is 8.75. The number of hydrogen-bond donors (Lipinski definition) is 0. The van der Waals surface area contributed by atoms with Crippen molar-refractivity contribution in [2.24, 2.45) is 0 Å². The molecule has 0 saturated carbocycles. The molecule has 6 heteroatoms. The van der Waals surface area contributed by atoms with Crippen LogP contribution in [-0.4, -0.2) is 19.9 Å². The quantitative estimate of drug-likeness (QED) is 0.544. The van der Waals surface area contributed by atoms with Crippen LogP contribution in [0.15, 0.2) is 54.4 Å². The molecule has 0 aliphatic heterocycles. The van der Waals surface area contributed by atoms with Crippen LogP contribution in [-0.2, 0) is 0 Å². The van der Waals surface area contributed by atoms with Crippen molar-refractivity contribution >= 4 is 22.7 Å². The van der Waals surface area contributed by atoms with Gasteiger partial charge in [0, 0.05) is 41.3 Å². The van der Waals surface area contributed by atoms with Crippen molar-refractivity contribution in [2.45, 2.75) is 6.92 Å². The van der Waals surface area contributed by atoms with Gasteiger partial charge in [0.2, 0.25) is 0 Å². The van der Waals surface area contributed by atoms with E-state index in [1.54, 1.807) is 35.1 Å². The van der Waals surface area contributed by atoms with Gasteiger partial charge in [0.15, 0.2) is 0 Å². The number of pyridine rings is 2. The van der Waals surface area contributed by atoms with Crippen LogP contribution in [0.3, 0.4) is 0 Å². The Kier molecular flexibility index (Phi) is 3.69. The summed E-state index contributed by atoms with van der Waals surface area (Å²) >= 11 is 3.28. The maximum absolute atomic E-state index is 4.75. The Morgan fingerprint density at radius 2 is 1.57 bits per heavy atom. The molecule has 4 aromatic heterocycles. The highest BCUT2D eigenvalue weighted by Crippen LogP contribution is 2.36. The van der Waals surface area contributed by atoms with Crippen LogP contribution in [0.1, 0.15) is 5.69 Å². The molecule has 23 heavy (non-hydrogen) atoms.